The van der Waals surface area contributed by atoms with Crippen LogP contribution < -0.4 is 9.88 Å². The van der Waals surface area contributed by atoms with Gasteiger partial charge in [-0.05, 0) is 36.8 Å². The molecule has 0 amide bonds. The van der Waals surface area contributed by atoms with Gasteiger partial charge < -0.3 is 4.74 Å². The molecule has 0 bridgehead atoms. The molecule has 2 N–H and O–H groups in total. The third-order valence-corrected chi connectivity index (χ3v) is 4.50. The number of hydrogen-bond acceptors (Lipinski definition) is 3. The molecule has 6 heteroatoms. The number of hydrogen-bond donors (Lipinski definition) is 1. The molecule has 0 aromatic heterocycles. The molecule has 0 atom stereocenters. The van der Waals surface area contributed by atoms with E-state index in [0.717, 1.165) is 15.6 Å². The van der Waals surface area contributed by atoms with Crippen molar-refractivity contribution >= 4 is 26.0 Å². The van der Waals surface area contributed by atoms with Crippen LogP contribution in [0.2, 0.25) is 0 Å². The zero-order chi connectivity index (χ0) is 14.8. The van der Waals surface area contributed by atoms with Gasteiger partial charge in [0.25, 0.3) is 0 Å². The molecule has 2 aromatic rings. The van der Waals surface area contributed by atoms with E-state index in [2.05, 4.69) is 15.9 Å². The molecule has 0 spiro atoms. The summed E-state index contributed by atoms with van der Waals surface area (Å²) in [7, 11) is -3.68. The van der Waals surface area contributed by atoms with Gasteiger partial charge >= 0.3 is 0 Å². The first kappa shape index (κ1) is 15.0. The lowest BCUT2D eigenvalue weighted by molar-refractivity contribution is 0.303. The van der Waals surface area contributed by atoms with Crippen LogP contribution in [0.15, 0.2) is 51.8 Å². The summed E-state index contributed by atoms with van der Waals surface area (Å²) in [5, 5.41) is 5.09. The lowest BCUT2D eigenvalue weighted by Crippen LogP contribution is -2.12. The highest BCUT2D eigenvalue weighted by Gasteiger charge is 2.10. The van der Waals surface area contributed by atoms with Crippen molar-refractivity contribution < 1.29 is 13.2 Å². The third-order valence-electron chi connectivity index (χ3n) is 2.82. The number of halogens is 1. The maximum absolute atomic E-state index is 11.3. The normalized spacial score (nSPS) is 11.3. The Bertz CT molecular complexity index is 729. The molecule has 0 aliphatic rings. The number of benzene rings is 2. The standard InChI is InChI=1S/C14H14BrNO3S/c1-10-8-12(20(16,17)18)6-7-14(10)19-9-11-4-2-3-5-13(11)15/h2-8H,9H2,1H3,(H2,16,17,18). The van der Waals surface area contributed by atoms with Gasteiger partial charge in [-0.2, -0.15) is 0 Å². The molecular formula is C14H14BrNO3S. The van der Waals surface area contributed by atoms with E-state index in [0.29, 0.717) is 12.4 Å². The Morgan fingerprint density at radius 2 is 1.90 bits per heavy atom. The van der Waals surface area contributed by atoms with Crippen LogP contribution in [0.25, 0.3) is 0 Å². The second-order valence-electron chi connectivity index (χ2n) is 4.35. The highest BCUT2D eigenvalue weighted by Crippen LogP contribution is 2.23. The van der Waals surface area contributed by atoms with Gasteiger partial charge in [0.05, 0.1) is 4.90 Å². The molecule has 20 heavy (non-hydrogen) atoms. The quantitative estimate of drug-likeness (QED) is 0.916. The lowest BCUT2D eigenvalue weighted by Gasteiger charge is -2.11. The van der Waals surface area contributed by atoms with Crippen LogP contribution in [0.3, 0.4) is 0 Å². The van der Waals surface area contributed by atoms with Gasteiger partial charge in [-0.25, -0.2) is 13.6 Å². The van der Waals surface area contributed by atoms with Crippen molar-refractivity contribution in [3.63, 3.8) is 0 Å². The highest BCUT2D eigenvalue weighted by molar-refractivity contribution is 9.10. The van der Waals surface area contributed by atoms with Gasteiger partial charge in [0.1, 0.15) is 12.4 Å². The topological polar surface area (TPSA) is 69.4 Å². The Morgan fingerprint density at radius 3 is 2.50 bits per heavy atom. The van der Waals surface area contributed by atoms with Gasteiger partial charge in [-0.15, -0.1) is 0 Å². The van der Waals surface area contributed by atoms with E-state index in [1.807, 2.05) is 24.3 Å². The van der Waals surface area contributed by atoms with Crippen LogP contribution in [0.4, 0.5) is 0 Å². The monoisotopic (exact) mass is 355 g/mol. The maximum Gasteiger partial charge on any atom is 0.238 e. The molecular weight excluding hydrogens is 342 g/mol. The van der Waals surface area contributed by atoms with Crippen molar-refractivity contribution in [3.8, 4) is 5.75 Å². The molecule has 0 saturated carbocycles. The van der Waals surface area contributed by atoms with E-state index in [1.54, 1.807) is 13.0 Å². The first-order valence-electron chi connectivity index (χ1n) is 5.87. The van der Waals surface area contributed by atoms with E-state index < -0.39 is 10.0 Å². The SMILES string of the molecule is Cc1cc(S(N)(=O)=O)ccc1OCc1ccccc1Br. The van der Waals surface area contributed by atoms with Crippen molar-refractivity contribution in [1.29, 1.82) is 0 Å². The number of sulfonamides is 1. The molecule has 2 aromatic carbocycles. The van der Waals surface area contributed by atoms with E-state index in [1.165, 1.54) is 12.1 Å². The van der Waals surface area contributed by atoms with Crippen LogP contribution in [-0.2, 0) is 16.6 Å². The molecule has 0 aliphatic heterocycles. The minimum atomic E-state index is -3.68. The minimum Gasteiger partial charge on any atom is -0.489 e. The summed E-state index contributed by atoms with van der Waals surface area (Å²) in [6, 6.07) is 12.3. The first-order valence-corrected chi connectivity index (χ1v) is 8.21. The van der Waals surface area contributed by atoms with Crippen molar-refractivity contribution in [3.05, 3.63) is 58.1 Å². The summed E-state index contributed by atoms with van der Waals surface area (Å²) in [6.45, 7) is 2.18. The Balaban J connectivity index is 2.17. The highest BCUT2D eigenvalue weighted by atomic mass is 79.9. The van der Waals surface area contributed by atoms with Gasteiger partial charge in [0.2, 0.25) is 10.0 Å². The van der Waals surface area contributed by atoms with Crippen LogP contribution in [0.5, 0.6) is 5.75 Å². The number of nitrogens with two attached hydrogens (primary N) is 1. The van der Waals surface area contributed by atoms with Crippen LogP contribution >= 0.6 is 15.9 Å². The fraction of sp³-hybridized carbons (Fsp3) is 0.143. The van der Waals surface area contributed by atoms with E-state index in [-0.39, 0.29) is 4.90 Å². The van der Waals surface area contributed by atoms with Crippen LogP contribution in [-0.4, -0.2) is 8.42 Å². The molecule has 0 heterocycles. The van der Waals surface area contributed by atoms with E-state index in [4.69, 9.17) is 9.88 Å². The van der Waals surface area contributed by atoms with Crippen LogP contribution in [0.1, 0.15) is 11.1 Å². The number of primary sulfonamides is 1. The Morgan fingerprint density at radius 1 is 1.20 bits per heavy atom. The van der Waals surface area contributed by atoms with Gasteiger partial charge in [0, 0.05) is 10.0 Å². The Labute approximate surface area is 126 Å². The molecule has 4 nitrogen and oxygen atoms in total. The Kier molecular flexibility index (Phi) is 4.47. The average Bonchev–Trinajstić information content (AvgIpc) is 2.38. The molecule has 0 saturated heterocycles. The molecule has 0 fully saturated rings. The molecule has 106 valence electrons. The van der Waals surface area contributed by atoms with Crippen LogP contribution in [0, 0.1) is 6.92 Å². The van der Waals surface area contributed by atoms with Crippen molar-refractivity contribution in [2.24, 2.45) is 5.14 Å². The zero-order valence-corrected chi connectivity index (χ0v) is 13.2. The zero-order valence-electron chi connectivity index (χ0n) is 10.8. The van der Waals surface area contributed by atoms with Crippen molar-refractivity contribution in [1.82, 2.24) is 0 Å². The molecule has 0 aliphatic carbocycles. The largest absolute Gasteiger partial charge is 0.489 e. The minimum absolute atomic E-state index is 0.0863. The van der Waals surface area contributed by atoms with E-state index in [9.17, 15) is 8.42 Å². The van der Waals surface area contributed by atoms with E-state index >= 15 is 0 Å². The summed E-state index contributed by atoms with van der Waals surface area (Å²) >= 11 is 3.45. The lowest BCUT2D eigenvalue weighted by atomic mass is 10.2. The molecule has 2 rings (SSSR count). The average molecular weight is 356 g/mol. The predicted octanol–water partition coefficient (Wildman–Crippen LogP) is 2.98. The summed E-state index contributed by atoms with van der Waals surface area (Å²) < 4.78 is 29.2. The van der Waals surface area contributed by atoms with Gasteiger partial charge in [-0.3, -0.25) is 0 Å². The summed E-state index contributed by atoms with van der Waals surface area (Å²) in [5.41, 5.74) is 1.74. The number of aryl methyl sites for hydroxylation is 1. The number of ether oxygens (including phenoxy) is 1. The van der Waals surface area contributed by atoms with Gasteiger partial charge in [-0.1, -0.05) is 34.1 Å². The summed E-state index contributed by atoms with van der Waals surface area (Å²) in [6.07, 6.45) is 0. The summed E-state index contributed by atoms with van der Waals surface area (Å²) in [5.74, 6) is 0.633. The first-order chi connectivity index (χ1) is 9.38. The summed E-state index contributed by atoms with van der Waals surface area (Å²) in [4.78, 5) is 0.0863. The van der Waals surface area contributed by atoms with Crippen molar-refractivity contribution in [2.45, 2.75) is 18.4 Å². The molecule has 0 unspecified atom stereocenters. The number of rotatable bonds is 4. The fourth-order valence-corrected chi connectivity index (χ4v) is 2.73. The van der Waals surface area contributed by atoms with Gasteiger partial charge in [0.15, 0.2) is 0 Å². The third kappa shape index (κ3) is 3.59. The second kappa shape index (κ2) is 5.95. The van der Waals surface area contributed by atoms with Crippen molar-refractivity contribution in [2.75, 3.05) is 0 Å². The second-order valence-corrected chi connectivity index (χ2v) is 6.77. The fourth-order valence-electron chi connectivity index (χ4n) is 1.73. The smallest absolute Gasteiger partial charge is 0.238 e. The maximum atomic E-state index is 11.3. The molecule has 0 radical (unpaired) electrons. The Hall–Kier alpha value is -1.37. The predicted molar refractivity (Wildman–Crippen MR) is 81.0 cm³/mol.